The molecule has 0 radical (unpaired) electrons. The largest absolute Gasteiger partial charge is 0.384 e. The maximum absolute atomic E-state index is 13.4. The van der Waals surface area contributed by atoms with Crippen LogP contribution in [0.25, 0.3) is 22.3 Å². The quantitative estimate of drug-likeness (QED) is 0.117. The lowest BCUT2D eigenvalue weighted by Crippen LogP contribution is -2.24. The molecule has 0 saturated carbocycles. The molecule has 6 N–H and O–H groups in total. The minimum absolute atomic E-state index is 0.129. The number of halogens is 2. The number of fused-ring (bicyclic) bond motifs is 16. The Bertz CT molecular complexity index is 3400. The summed E-state index contributed by atoms with van der Waals surface area (Å²) in [4.78, 5) is 34.6. The molecule has 70 heavy (non-hydrogen) atoms. The molecule has 4 aliphatic heterocycles. The van der Waals surface area contributed by atoms with E-state index in [2.05, 4.69) is 44.9 Å². The van der Waals surface area contributed by atoms with Gasteiger partial charge in [-0.15, -0.1) is 0 Å². The summed E-state index contributed by atoms with van der Waals surface area (Å²) in [6, 6.07) is 40.7. The Kier molecular flexibility index (Phi) is 11.1. The smallest absolute Gasteiger partial charge is 0.251 e. The number of nitrogens with one attached hydrogen (secondary N) is 2. The van der Waals surface area contributed by atoms with Gasteiger partial charge in [-0.2, -0.15) is 0 Å². The van der Waals surface area contributed by atoms with E-state index in [0.29, 0.717) is 35.9 Å². The fraction of sp³-hybridized carbons (Fsp3) is 0.172. The number of benzene rings is 6. The number of hydrogen-bond acceptors (Lipinski definition) is 8. The third-order valence-electron chi connectivity index (χ3n) is 14.0. The average molecular weight is 931 g/mol. The molecule has 4 bridgehead atoms. The van der Waals surface area contributed by atoms with Crippen LogP contribution in [0.15, 0.2) is 133 Å². The highest BCUT2D eigenvalue weighted by atomic mass is 19.1. The maximum Gasteiger partial charge on any atom is 0.251 e. The molecule has 8 aromatic rings. The molecular formula is C58H48F2N6O4. The Balaban J connectivity index is 0.000000152. The number of nitrogens with two attached hydrogens (primary N) is 2. The van der Waals surface area contributed by atoms with E-state index in [1.165, 1.54) is 24.3 Å². The van der Waals surface area contributed by atoms with Crippen LogP contribution in [0.1, 0.15) is 123 Å². The zero-order chi connectivity index (χ0) is 48.5. The van der Waals surface area contributed by atoms with Gasteiger partial charge in [-0.3, -0.25) is 9.59 Å². The second-order valence-electron chi connectivity index (χ2n) is 18.4. The number of nitrogen functional groups attached to an aromatic ring is 2. The molecule has 2 amide bonds. The number of hydrogen-bond donors (Lipinski definition) is 4. The predicted octanol–water partition coefficient (Wildman–Crippen LogP) is 11.1. The second-order valence-corrected chi connectivity index (χ2v) is 18.4. The molecule has 0 aliphatic carbocycles. The molecule has 4 aliphatic rings. The second kappa shape index (κ2) is 17.5. The van der Waals surface area contributed by atoms with Crippen molar-refractivity contribution in [3.63, 3.8) is 0 Å². The molecule has 348 valence electrons. The van der Waals surface area contributed by atoms with E-state index < -0.39 is 0 Å². The van der Waals surface area contributed by atoms with Crippen LogP contribution in [0.3, 0.4) is 0 Å². The first kappa shape index (κ1) is 44.4. The summed E-state index contributed by atoms with van der Waals surface area (Å²) >= 11 is 0. The maximum atomic E-state index is 13.4. The molecular weight excluding hydrogens is 883 g/mol. The van der Waals surface area contributed by atoms with E-state index in [0.717, 1.165) is 100 Å². The van der Waals surface area contributed by atoms with Crippen LogP contribution >= 0.6 is 0 Å². The predicted molar refractivity (Wildman–Crippen MR) is 265 cm³/mol. The zero-order valence-electron chi connectivity index (χ0n) is 38.9. The van der Waals surface area contributed by atoms with Crippen molar-refractivity contribution in [1.29, 1.82) is 0 Å². The van der Waals surface area contributed by atoms with Crippen LogP contribution in [-0.4, -0.2) is 21.8 Å². The number of anilines is 2. The van der Waals surface area contributed by atoms with Crippen molar-refractivity contribution < 1.29 is 27.8 Å². The third kappa shape index (κ3) is 7.94. The van der Waals surface area contributed by atoms with Gasteiger partial charge in [0.15, 0.2) is 0 Å². The van der Waals surface area contributed by atoms with Crippen molar-refractivity contribution in [2.75, 3.05) is 11.5 Å². The molecule has 0 fully saturated rings. The van der Waals surface area contributed by atoms with Crippen LogP contribution in [0, 0.1) is 39.3 Å². The fourth-order valence-electron chi connectivity index (χ4n) is 10.5. The average Bonchev–Trinajstić information content (AvgIpc) is 4.13. The summed E-state index contributed by atoms with van der Waals surface area (Å²) in [6.45, 7) is 8.49. The number of aryl methyl sites for hydroxylation is 4. The summed E-state index contributed by atoms with van der Waals surface area (Å²) in [6.07, 6.45) is -0.695. The van der Waals surface area contributed by atoms with Gasteiger partial charge >= 0.3 is 0 Å². The van der Waals surface area contributed by atoms with Crippen LogP contribution in [-0.2, 0) is 22.6 Å². The summed E-state index contributed by atoms with van der Waals surface area (Å²) in [7, 11) is 0. The highest BCUT2D eigenvalue weighted by Gasteiger charge is 2.44. The molecule has 6 aromatic carbocycles. The van der Waals surface area contributed by atoms with Crippen molar-refractivity contribution >= 4 is 23.5 Å². The fourth-order valence-corrected chi connectivity index (χ4v) is 10.5. The number of rotatable bonds is 8. The third-order valence-corrected chi connectivity index (χ3v) is 14.0. The zero-order valence-corrected chi connectivity index (χ0v) is 38.9. The lowest BCUT2D eigenvalue weighted by Gasteiger charge is -2.18. The number of aromatic nitrogens is 2. The molecule has 12 rings (SSSR count). The summed E-state index contributed by atoms with van der Waals surface area (Å²) in [5, 5.41) is 6.03. The van der Waals surface area contributed by atoms with Gasteiger partial charge in [0.25, 0.3) is 11.8 Å². The van der Waals surface area contributed by atoms with Crippen molar-refractivity contribution in [1.82, 2.24) is 20.6 Å². The van der Waals surface area contributed by atoms with Crippen LogP contribution in [0.2, 0.25) is 0 Å². The van der Waals surface area contributed by atoms with Gasteiger partial charge in [0.1, 0.15) is 47.7 Å². The number of nitrogens with zero attached hydrogens (tertiary/aromatic N) is 2. The first-order valence-corrected chi connectivity index (χ1v) is 23.2. The SMILES string of the molecule is Cc1cc(N)nc(C)c1CNC(=O)c1ccc2c(c1)C1OC2c2cc(-c3ccc(F)cc3)ccc21.Cc1cc(N)nc(C)c1CNC(=O)c1ccc2c(c1)C1OC2c2ccc(-c3ccc(F)cc3)cc21. The molecule has 0 saturated heterocycles. The van der Waals surface area contributed by atoms with Crippen molar-refractivity contribution in [2.45, 2.75) is 65.2 Å². The highest BCUT2D eigenvalue weighted by Crippen LogP contribution is 2.56. The van der Waals surface area contributed by atoms with Crippen molar-refractivity contribution in [2.24, 2.45) is 0 Å². The van der Waals surface area contributed by atoms with Crippen molar-refractivity contribution in [3.05, 3.63) is 234 Å². The normalized spacial score (nSPS) is 17.2. The number of ether oxygens (including phenoxy) is 2. The van der Waals surface area contributed by atoms with Crippen LogP contribution < -0.4 is 22.1 Å². The van der Waals surface area contributed by atoms with Gasteiger partial charge in [-0.05, 0) is 190 Å². The van der Waals surface area contributed by atoms with Crippen LogP contribution in [0.4, 0.5) is 20.4 Å². The highest BCUT2D eigenvalue weighted by molar-refractivity contribution is 5.95. The van der Waals surface area contributed by atoms with Gasteiger partial charge in [-0.25, -0.2) is 18.7 Å². The molecule has 10 nitrogen and oxygen atoms in total. The molecule has 4 atom stereocenters. The molecule has 0 spiro atoms. The van der Waals surface area contributed by atoms with E-state index in [-0.39, 0.29) is 47.9 Å². The summed E-state index contributed by atoms with van der Waals surface area (Å²) in [5.41, 5.74) is 31.1. The first-order valence-electron chi connectivity index (χ1n) is 23.2. The number of amides is 2. The molecule has 2 aromatic heterocycles. The Labute approximate surface area is 403 Å². The minimum Gasteiger partial charge on any atom is -0.384 e. The molecule has 4 unspecified atom stereocenters. The van der Waals surface area contributed by atoms with E-state index >= 15 is 0 Å². The van der Waals surface area contributed by atoms with Gasteiger partial charge < -0.3 is 31.6 Å². The lowest BCUT2D eigenvalue weighted by molar-refractivity contribution is 0.0856. The van der Waals surface area contributed by atoms with Gasteiger partial charge in [0.2, 0.25) is 0 Å². The van der Waals surface area contributed by atoms with Gasteiger partial charge in [0, 0.05) is 35.6 Å². The summed E-state index contributed by atoms with van der Waals surface area (Å²) < 4.78 is 39.3. The van der Waals surface area contributed by atoms with Crippen LogP contribution in [0.5, 0.6) is 0 Å². The molecule has 12 heteroatoms. The lowest BCUT2D eigenvalue weighted by atomic mass is 9.84. The van der Waals surface area contributed by atoms with E-state index in [9.17, 15) is 18.4 Å². The Hall–Kier alpha value is -8.06. The number of carbonyl (C=O) groups is 2. The summed E-state index contributed by atoms with van der Waals surface area (Å²) in [5.74, 6) is 0.168. The Morgan fingerprint density at radius 3 is 1.17 bits per heavy atom. The van der Waals surface area contributed by atoms with Gasteiger partial charge in [-0.1, -0.05) is 60.7 Å². The topological polar surface area (TPSA) is 154 Å². The van der Waals surface area contributed by atoms with E-state index in [4.69, 9.17) is 20.9 Å². The van der Waals surface area contributed by atoms with E-state index in [1.54, 1.807) is 24.3 Å². The first-order chi connectivity index (χ1) is 33.8. The Morgan fingerprint density at radius 2 is 0.786 bits per heavy atom. The standard InChI is InChI=1S/2C29H24FN3O2/c1-15-11-26(31)33-16(2)25(15)14-32-29(34)19-6-10-22-24(13-19)28-21-9-5-18(12-23(21)27(22)35-28)17-3-7-20(30)8-4-17;1-15-11-26(31)33-16(2)25(15)14-32-29(34)19-6-10-22-24(13-19)28-23-12-18(5-9-21(23)27(22)35-28)17-3-7-20(30)8-4-17/h2*3-13,27-28H,14H2,1-2H3,(H2,31,33)(H,32,34). The van der Waals surface area contributed by atoms with Crippen molar-refractivity contribution in [3.8, 4) is 22.3 Å². The molecule has 6 heterocycles. The monoisotopic (exact) mass is 930 g/mol. The van der Waals surface area contributed by atoms with E-state index in [1.807, 2.05) is 88.4 Å². The van der Waals surface area contributed by atoms with Gasteiger partial charge in [0.05, 0.1) is 0 Å². The number of pyridine rings is 2. The Morgan fingerprint density at radius 1 is 0.457 bits per heavy atom. The number of carbonyl (C=O) groups excluding carboxylic acids is 2. The minimum atomic E-state index is -0.255.